The summed E-state index contributed by atoms with van der Waals surface area (Å²) in [6.07, 6.45) is 1.28. The molecule has 2 heteroatoms. The van der Waals surface area contributed by atoms with Gasteiger partial charge in [0.25, 0.3) is 0 Å². The van der Waals surface area contributed by atoms with Crippen LogP contribution in [-0.4, -0.2) is 44.2 Å². The summed E-state index contributed by atoms with van der Waals surface area (Å²) < 4.78 is 0. The maximum absolute atomic E-state index is 2.36. The van der Waals surface area contributed by atoms with Crippen LogP contribution in [0.25, 0.3) is 0 Å². The first-order chi connectivity index (χ1) is 5.06. The van der Waals surface area contributed by atoms with Crippen molar-refractivity contribution in [3.05, 3.63) is 0 Å². The molecule has 0 aromatic heterocycles. The maximum atomic E-state index is 2.36. The predicted octanol–water partition coefficient (Wildman–Crippen LogP) is 1.48. The van der Waals surface area contributed by atoms with Crippen molar-refractivity contribution in [2.24, 2.45) is 5.92 Å². The van der Waals surface area contributed by atoms with E-state index in [0.717, 1.165) is 12.6 Å². The van der Waals surface area contributed by atoms with Crippen LogP contribution in [0.3, 0.4) is 0 Å². The molecule has 0 aromatic rings. The Labute approximate surface area is 71.2 Å². The summed E-state index contributed by atoms with van der Waals surface area (Å²) in [5, 5.41) is 0. The van der Waals surface area contributed by atoms with Gasteiger partial charge in [0.15, 0.2) is 0 Å². The van der Waals surface area contributed by atoms with Crippen LogP contribution in [0.4, 0.5) is 0 Å². The zero-order chi connectivity index (χ0) is 8.85. The molecule has 1 atom stereocenters. The zero-order valence-electron chi connectivity index (χ0n) is 8.59. The summed E-state index contributed by atoms with van der Waals surface area (Å²) in [5.41, 5.74) is 0. The van der Waals surface area contributed by atoms with Gasteiger partial charge < -0.3 is 0 Å². The number of rotatable bonds is 5. The lowest BCUT2D eigenvalue weighted by Gasteiger charge is -2.23. The fourth-order valence-corrected chi connectivity index (χ4v) is 1.20. The third-order valence-corrected chi connectivity index (χ3v) is 1.84. The fraction of sp³-hybridized carbons (Fsp3) is 1.00. The van der Waals surface area contributed by atoms with E-state index in [-0.39, 0.29) is 0 Å². The van der Waals surface area contributed by atoms with Crippen molar-refractivity contribution in [3.63, 3.8) is 0 Å². The van der Waals surface area contributed by atoms with E-state index >= 15 is 0 Å². The van der Waals surface area contributed by atoms with Crippen LogP contribution in [0.5, 0.6) is 0 Å². The summed E-state index contributed by atoms with van der Waals surface area (Å²) >= 11 is 0. The first kappa shape index (κ1) is 10.9. The average molecular weight is 158 g/mol. The van der Waals surface area contributed by atoms with Crippen LogP contribution in [-0.2, 0) is 0 Å². The second-order valence-electron chi connectivity index (χ2n) is 3.77. The molecule has 11 heavy (non-hydrogen) atoms. The molecule has 0 heterocycles. The van der Waals surface area contributed by atoms with Crippen LogP contribution in [0.2, 0.25) is 0 Å². The van der Waals surface area contributed by atoms with E-state index in [4.69, 9.17) is 0 Å². The topological polar surface area (TPSA) is 6.48 Å². The quantitative estimate of drug-likeness (QED) is 0.559. The third kappa shape index (κ3) is 6.32. The van der Waals surface area contributed by atoms with Crippen molar-refractivity contribution in [2.45, 2.75) is 20.3 Å². The van der Waals surface area contributed by atoms with Crippen LogP contribution in [0.15, 0.2) is 0 Å². The van der Waals surface area contributed by atoms with Gasteiger partial charge >= 0.3 is 0 Å². The van der Waals surface area contributed by atoms with Crippen LogP contribution >= 0.6 is 0 Å². The van der Waals surface area contributed by atoms with Gasteiger partial charge in [0.1, 0.15) is 0 Å². The second-order valence-corrected chi connectivity index (χ2v) is 3.77. The van der Waals surface area contributed by atoms with Crippen molar-refractivity contribution in [1.82, 2.24) is 9.80 Å². The van der Waals surface area contributed by atoms with E-state index in [9.17, 15) is 0 Å². The van der Waals surface area contributed by atoms with E-state index in [1.54, 1.807) is 0 Å². The van der Waals surface area contributed by atoms with Gasteiger partial charge in [0.05, 0.1) is 0 Å². The van der Waals surface area contributed by atoms with Crippen molar-refractivity contribution < 1.29 is 0 Å². The molecule has 0 aromatic carbocycles. The van der Waals surface area contributed by atoms with Gasteiger partial charge in [-0.2, -0.15) is 0 Å². The predicted molar refractivity (Wildman–Crippen MR) is 50.6 cm³/mol. The van der Waals surface area contributed by atoms with Gasteiger partial charge in [-0.05, 0) is 27.1 Å². The fourth-order valence-electron chi connectivity index (χ4n) is 1.20. The normalized spacial score (nSPS) is 14.5. The average Bonchev–Trinajstić information content (AvgIpc) is 1.85. The molecule has 0 saturated carbocycles. The lowest BCUT2D eigenvalue weighted by atomic mass is 10.1. The first-order valence-corrected chi connectivity index (χ1v) is 4.39. The van der Waals surface area contributed by atoms with Crippen LogP contribution in [0.1, 0.15) is 20.3 Å². The SMILES string of the molecule is CCC(C)CN(C)CN(C)C. The molecule has 0 aliphatic heterocycles. The molecule has 0 saturated heterocycles. The van der Waals surface area contributed by atoms with E-state index < -0.39 is 0 Å². The third-order valence-electron chi connectivity index (χ3n) is 1.84. The van der Waals surface area contributed by atoms with Crippen molar-refractivity contribution in [1.29, 1.82) is 0 Å². The van der Waals surface area contributed by atoms with E-state index in [1.807, 2.05) is 0 Å². The van der Waals surface area contributed by atoms with Gasteiger partial charge in [-0.25, -0.2) is 0 Å². The van der Waals surface area contributed by atoms with Gasteiger partial charge in [-0.1, -0.05) is 20.3 Å². The largest absolute Gasteiger partial charge is 0.297 e. The Hall–Kier alpha value is -0.0800. The molecule has 0 fully saturated rings. The van der Waals surface area contributed by atoms with Crippen LogP contribution < -0.4 is 0 Å². The Bertz CT molecular complexity index is 91.6. The molecule has 0 bridgehead atoms. The summed E-state index contributed by atoms with van der Waals surface area (Å²) in [6, 6.07) is 0. The summed E-state index contributed by atoms with van der Waals surface area (Å²) in [6.45, 7) is 6.80. The molecule has 2 nitrogen and oxygen atoms in total. The number of hydrogen-bond acceptors (Lipinski definition) is 2. The first-order valence-electron chi connectivity index (χ1n) is 4.39. The van der Waals surface area contributed by atoms with Gasteiger partial charge in [0.2, 0.25) is 0 Å². The Kier molecular flexibility index (Phi) is 5.51. The van der Waals surface area contributed by atoms with E-state index in [0.29, 0.717) is 0 Å². The highest BCUT2D eigenvalue weighted by atomic mass is 15.3. The second kappa shape index (κ2) is 5.56. The highest BCUT2D eigenvalue weighted by Crippen LogP contribution is 2.01. The minimum Gasteiger partial charge on any atom is -0.297 e. The molecule has 1 unspecified atom stereocenters. The smallest absolute Gasteiger partial charge is 0.0498 e. The number of nitrogens with zero attached hydrogens (tertiary/aromatic N) is 2. The summed E-state index contributed by atoms with van der Waals surface area (Å²) in [5.74, 6) is 0.819. The molecule has 0 aliphatic rings. The minimum absolute atomic E-state index is 0.819. The van der Waals surface area contributed by atoms with Gasteiger partial charge in [-0.3, -0.25) is 9.80 Å². The molecule has 68 valence electrons. The van der Waals surface area contributed by atoms with Crippen molar-refractivity contribution in [3.8, 4) is 0 Å². The Morgan fingerprint density at radius 1 is 1.18 bits per heavy atom. The Balaban J connectivity index is 3.43. The van der Waals surface area contributed by atoms with Crippen molar-refractivity contribution >= 4 is 0 Å². The molecule has 0 radical (unpaired) electrons. The molecule has 0 N–H and O–H groups in total. The lowest BCUT2D eigenvalue weighted by molar-refractivity contribution is 0.188. The molecular weight excluding hydrogens is 136 g/mol. The van der Waals surface area contributed by atoms with E-state index in [1.165, 1.54) is 13.0 Å². The van der Waals surface area contributed by atoms with Crippen LogP contribution in [0, 0.1) is 5.92 Å². The van der Waals surface area contributed by atoms with Gasteiger partial charge in [-0.15, -0.1) is 0 Å². The monoisotopic (exact) mass is 158 g/mol. The molecule has 0 amide bonds. The van der Waals surface area contributed by atoms with Crippen molar-refractivity contribution in [2.75, 3.05) is 34.4 Å². The Morgan fingerprint density at radius 3 is 2.09 bits per heavy atom. The Morgan fingerprint density at radius 2 is 1.73 bits per heavy atom. The highest BCUT2D eigenvalue weighted by Gasteiger charge is 2.03. The number of hydrogen-bond donors (Lipinski definition) is 0. The lowest BCUT2D eigenvalue weighted by Crippen LogP contribution is -2.33. The molecule has 0 spiro atoms. The standard InChI is InChI=1S/C9H22N2/c1-6-9(2)7-11(5)8-10(3)4/h9H,6-8H2,1-5H3. The summed E-state index contributed by atoms with van der Waals surface area (Å²) in [7, 11) is 6.38. The maximum Gasteiger partial charge on any atom is 0.0498 e. The minimum atomic E-state index is 0.819. The van der Waals surface area contributed by atoms with E-state index in [2.05, 4.69) is 44.8 Å². The zero-order valence-corrected chi connectivity index (χ0v) is 8.59. The summed E-state index contributed by atoms with van der Waals surface area (Å²) in [4.78, 5) is 4.55. The molecular formula is C9H22N2. The molecule has 0 aliphatic carbocycles. The van der Waals surface area contributed by atoms with Gasteiger partial charge in [0, 0.05) is 13.2 Å². The molecule has 0 rings (SSSR count). The highest BCUT2D eigenvalue weighted by molar-refractivity contribution is 4.55.